The zero-order valence-electron chi connectivity index (χ0n) is 19.5. The second-order valence-electron chi connectivity index (χ2n) is 8.93. The fourth-order valence-corrected chi connectivity index (χ4v) is 4.20. The predicted octanol–water partition coefficient (Wildman–Crippen LogP) is 8.95. The standard InChI is InChI=1S/C27H49N/c1-4-5-6-7-8-9-10-11-12-13-14-15-16-17-18-19-20-23-26-24-21-22-25-27(26)28(2)3/h21-22,24-25H,4-20,23H2,1-3H3. The smallest absolute Gasteiger partial charge is 0.0393 e. The zero-order chi connectivity index (χ0) is 20.3. The number of anilines is 1. The molecule has 1 nitrogen and oxygen atoms in total. The van der Waals surface area contributed by atoms with Crippen LogP contribution in [-0.2, 0) is 6.42 Å². The first kappa shape index (κ1) is 25.1. The molecule has 0 N–H and O–H groups in total. The normalized spacial score (nSPS) is 11.1. The summed E-state index contributed by atoms with van der Waals surface area (Å²) in [6.07, 6.45) is 25.8. The van der Waals surface area contributed by atoms with Crippen LogP contribution < -0.4 is 4.90 Å². The second-order valence-corrected chi connectivity index (χ2v) is 8.93. The van der Waals surface area contributed by atoms with Gasteiger partial charge in [0.1, 0.15) is 0 Å². The average molecular weight is 388 g/mol. The van der Waals surface area contributed by atoms with E-state index < -0.39 is 0 Å². The molecule has 0 aliphatic heterocycles. The molecule has 0 amide bonds. The Morgan fingerprint density at radius 1 is 0.536 bits per heavy atom. The van der Waals surface area contributed by atoms with Gasteiger partial charge >= 0.3 is 0 Å². The van der Waals surface area contributed by atoms with Crippen LogP contribution in [0, 0.1) is 0 Å². The Morgan fingerprint density at radius 3 is 1.36 bits per heavy atom. The molecule has 0 heterocycles. The third-order valence-corrected chi connectivity index (χ3v) is 6.02. The maximum atomic E-state index is 2.30. The molecule has 0 aliphatic carbocycles. The van der Waals surface area contributed by atoms with E-state index in [1.807, 2.05) is 0 Å². The van der Waals surface area contributed by atoms with Crippen molar-refractivity contribution in [3.63, 3.8) is 0 Å². The van der Waals surface area contributed by atoms with Gasteiger partial charge in [-0.05, 0) is 24.5 Å². The van der Waals surface area contributed by atoms with E-state index in [2.05, 4.69) is 50.2 Å². The summed E-state index contributed by atoms with van der Waals surface area (Å²) in [6, 6.07) is 8.86. The lowest BCUT2D eigenvalue weighted by Crippen LogP contribution is -2.11. The number of unbranched alkanes of at least 4 members (excludes halogenated alkanes) is 16. The van der Waals surface area contributed by atoms with E-state index in [4.69, 9.17) is 0 Å². The number of benzene rings is 1. The van der Waals surface area contributed by atoms with Gasteiger partial charge in [0, 0.05) is 19.8 Å². The van der Waals surface area contributed by atoms with E-state index in [0.717, 1.165) is 0 Å². The highest BCUT2D eigenvalue weighted by molar-refractivity contribution is 5.52. The monoisotopic (exact) mass is 387 g/mol. The van der Waals surface area contributed by atoms with Gasteiger partial charge in [-0.2, -0.15) is 0 Å². The van der Waals surface area contributed by atoms with Gasteiger partial charge in [0.05, 0.1) is 0 Å². The highest BCUT2D eigenvalue weighted by atomic mass is 15.1. The quantitative estimate of drug-likeness (QED) is 0.214. The van der Waals surface area contributed by atoms with Gasteiger partial charge in [0.15, 0.2) is 0 Å². The van der Waals surface area contributed by atoms with E-state index in [0.29, 0.717) is 0 Å². The molecule has 28 heavy (non-hydrogen) atoms. The Hall–Kier alpha value is -0.980. The highest BCUT2D eigenvalue weighted by Crippen LogP contribution is 2.21. The van der Waals surface area contributed by atoms with Crippen molar-refractivity contribution < 1.29 is 0 Å². The first-order valence-corrected chi connectivity index (χ1v) is 12.5. The largest absolute Gasteiger partial charge is 0.377 e. The Kier molecular flexibility index (Phi) is 16.2. The lowest BCUT2D eigenvalue weighted by molar-refractivity contribution is 0.527. The van der Waals surface area contributed by atoms with Gasteiger partial charge in [-0.15, -0.1) is 0 Å². The molecule has 1 aromatic rings. The molecule has 0 aromatic heterocycles. The Morgan fingerprint density at radius 2 is 0.929 bits per heavy atom. The summed E-state index contributed by atoms with van der Waals surface area (Å²) in [5.41, 5.74) is 2.90. The Labute approximate surface area is 177 Å². The SMILES string of the molecule is CCCCCCCCCCCCCCCCCCCc1ccccc1N(C)C. The first-order valence-electron chi connectivity index (χ1n) is 12.5. The Balaban J connectivity index is 1.83. The third-order valence-electron chi connectivity index (χ3n) is 6.02. The van der Waals surface area contributed by atoms with Crippen molar-refractivity contribution in [1.29, 1.82) is 0 Å². The summed E-state index contributed by atoms with van der Waals surface area (Å²) < 4.78 is 0. The summed E-state index contributed by atoms with van der Waals surface area (Å²) >= 11 is 0. The number of aryl methyl sites for hydroxylation is 1. The number of para-hydroxylation sites is 1. The van der Waals surface area contributed by atoms with Crippen LogP contribution in [0.25, 0.3) is 0 Å². The Bertz CT molecular complexity index is 451. The average Bonchev–Trinajstić information content (AvgIpc) is 2.70. The molecule has 0 unspecified atom stereocenters. The minimum Gasteiger partial charge on any atom is -0.377 e. The molecule has 0 spiro atoms. The summed E-state index contributed by atoms with van der Waals surface area (Å²) in [5, 5.41) is 0. The summed E-state index contributed by atoms with van der Waals surface area (Å²) in [7, 11) is 4.29. The molecule has 1 aromatic carbocycles. The summed E-state index contributed by atoms with van der Waals surface area (Å²) in [5.74, 6) is 0. The highest BCUT2D eigenvalue weighted by Gasteiger charge is 2.03. The van der Waals surface area contributed by atoms with Gasteiger partial charge in [0.2, 0.25) is 0 Å². The number of hydrogen-bond donors (Lipinski definition) is 0. The first-order chi connectivity index (χ1) is 13.8. The van der Waals surface area contributed by atoms with Gasteiger partial charge in [-0.1, -0.05) is 128 Å². The van der Waals surface area contributed by atoms with Crippen LogP contribution in [0.1, 0.15) is 122 Å². The molecular weight excluding hydrogens is 338 g/mol. The van der Waals surface area contributed by atoms with E-state index in [1.165, 1.54) is 127 Å². The van der Waals surface area contributed by atoms with Gasteiger partial charge < -0.3 is 4.90 Å². The van der Waals surface area contributed by atoms with Crippen molar-refractivity contribution in [2.75, 3.05) is 19.0 Å². The van der Waals surface area contributed by atoms with Crippen LogP contribution in [0.15, 0.2) is 24.3 Å². The molecule has 1 heteroatoms. The van der Waals surface area contributed by atoms with Crippen LogP contribution in [0.5, 0.6) is 0 Å². The maximum absolute atomic E-state index is 2.30. The fourth-order valence-electron chi connectivity index (χ4n) is 4.20. The van der Waals surface area contributed by atoms with Crippen LogP contribution in [0.2, 0.25) is 0 Å². The summed E-state index contributed by atoms with van der Waals surface area (Å²) in [4.78, 5) is 2.24. The van der Waals surface area contributed by atoms with E-state index >= 15 is 0 Å². The zero-order valence-corrected chi connectivity index (χ0v) is 19.5. The second kappa shape index (κ2) is 18.1. The van der Waals surface area contributed by atoms with E-state index in [-0.39, 0.29) is 0 Å². The van der Waals surface area contributed by atoms with Gasteiger partial charge in [0.25, 0.3) is 0 Å². The molecule has 0 radical (unpaired) electrons. The van der Waals surface area contributed by atoms with Crippen molar-refractivity contribution in [1.82, 2.24) is 0 Å². The molecule has 0 bridgehead atoms. The lowest BCUT2D eigenvalue weighted by Gasteiger charge is -2.17. The molecular formula is C27H49N. The minimum absolute atomic E-state index is 1.23. The topological polar surface area (TPSA) is 3.24 Å². The van der Waals surface area contributed by atoms with Crippen molar-refractivity contribution in [3.8, 4) is 0 Å². The molecule has 0 fully saturated rings. The number of rotatable bonds is 19. The minimum atomic E-state index is 1.23. The molecule has 0 saturated carbocycles. The van der Waals surface area contributed by atoms with Gasteiger partial charge in [-0.3, -0.25) is 0 Å². The third kappa shape index (κ3) is 13.2. The summed E-state index contributed by atoms with van der Waals surface area (Å²) in [6.45, 7) is 2.30. The van der Waals surface area contributed by atoms with Crippen LogP contribution in [0.4, 0.5) is 5.69 Å². The van der Waals surface area contributed by atoms with Crippen molar-refractivity contribution >= 4 is 5.69 Å². The molecule has 0 aliphatic rings. The van der Waals surface area contributed by atoms with E-state index in [1.54, 1.807) is 0 Å². The van der Waals surface area contributed by atoms with Crippen LogP contribution >= 0.6 is 0 Å². The number of nitrogens with zero attached hydrogens (tertiary/aromatic N) is 1. The fraction of sp³-hybridized carbons (Fsp3) is 0.778. The molecule has 0 atom stereocenters. The van der Waals surface area contributed by atoms with Crippen LogP contribution in [-0.4, -0.2) is 14.1 Å². The molecule has 1 rings (SSSR count). The maximum Gasteiger partial charge on any atom is 0.0393 e. The lowest BCUT2D eigenvalue weighted by atomic mass is 10.0. The van der Waals surface area contributed by atoms with E-state index in [9.17, 15) is 0 Å². The van der Waals surface area contributed by atoms with Gasteiger partial charge in [-0.25, -0.2) is 0 Å². The molecule has 0 saturated heterocycles. The van der Waals surface area contributed by atoms with Crippen molar-refractivity contribution in [3.05, 3.63) is 29.8 Å². The number of hydrogen-bond acceptors (Lipinski definition) is 1. The predicted molar refractivity (Wildman–Crippen MR) is 129 cm³/mol. The molecule has 162 valence electrons. The van der Waals surface area contributed by atoms with Crippen LogP contribution in [0.3, 0.4) is 0 Å². The van der Waals surface area contributed by atoms with Crippen molar-refractivity contribution in [2.45, 2.75) is 122 Å². The van der Waals surface area contributed by atoms with Crippen molar-refractivity contribution in [2.24, 2.45) is 0 Å².